The molecule has 108 valence electrons. The predicted octanol–water partition coefficient (Wildman–Crippen LogP) is 1.74. The molecule has 1 aromatic rings. The molecule has 1 aliphatic rings. The first-order valence-electron chi connectivity index (χ1n) is 6.85. The fraction of sp³-hybridized carbons (Fsp3) is 0.467. The first kappa shape index (κ1) is 14.4. The van der Waals surface area contributed by atoms with Gasteiger partial charge in [-0.1, -0.05) is 6.07 Å². The summed E-state index contributed by atoms with van der Waals surface area (Å²) in [6.45, 7) is 3.97. The van der Waals surface area contributed by atoms with Crippen molar-refractivity contribution in [2.75, 3.05) is 18.9 Å². The van der Waals surface area contributed by atoms with Gasteiger partial charge in [-0.2, -0.15) is 0 Å². The number of anilines is 1. The molecule has 0 saturated heterocycles. The van der Waals surface area contributed by atoms with Gasteiger partial charge in [-0.15, -0.1) is 0 Å². The smallest absolute Gasteiger partial charge is 0.325 e. The van der Waals surface area contributed by atoms with E-state index in [1.165, 1.54) is 0 Å². The molecule has 1 saturated carbocycles. The van der Waals surface area contributed by atoms with Crippen molar-refractivity contribution in [2.45, 2.75) is 32.7 Å². The maximum atomic E-state index is 12.5. The summed E-state index contributed by atoms with van der Waals surface area (Å²) in [6, 6.07) is 5.37. The minimum Gasteiger partial charge on any atom is -0.465 e. The van der Waals surface area contributed by atoms with Crippen LogP contribution in [0.2, 0.25) is 0 Å². The SMILES string of the molecule is CCOC(=O)CN(C(=O)c1ccc(C)c(N)c1)C1CC1. The van der Waals surface area contributed by atoms with Gasteiger partial charge < -0.3 is 15.4 Å². The molecule has 2 rings (SSSR count). The Hall–Kier alpha value is -2.04. The van der Waals surface area contributed by atoms with Crippen LogP contribution in [-0.2, 0) is 9.53 Å². The highest BCUT2D eigenvalue weighted by Gasteiger charge is 2.34. The van der Waals surface area contributed by atoms with Gasteiger partial charge in [0.2, 0.25) is 0 Å². The third-order valence-electron chi connectivity index (χ3n) is 3.38. The molecule has 0 unspecified atom stereocenters. The van der Waals surface area contributed by atoms with Gasteiger partial charge in [0.15, 0.2) is 0 Å². The third kappa shape index (κ3) is 3.29. The summed E-state index contributed by atoms with van der Waals surface area (Å²) in [7, 11) is 0. The molecule has 0 spiro atoms. The number of benzene rings is 1. The van der Waals surface area contributed by atoms with Crippen LogP contribution in [0.5, 0.6) is 0 Å². The van der Waals surface area contributed by atoms with Crippen molar-refractivity contribution in [3.63, 3.8) is 0 Å². The van der Waals surface area contributed by atoms with Crippen LogP contribution in [-0.4, -0.2) is 36.0 Å². The number of hydrogen-bond donors (Lipinski definition) is 1. The van der Waals surface area contributed by atoms with Gasteiger partial charge in [-0.25, -0.2) is 0 Å². The average molecular weight is 276 g/mol. The summed E-state index contributed by atoms with van der Waals surface area (Å²) in [6.07, 6.45) is 1.87. The number of nitrogens with two attached hydrogens (primary N) is 1. The Morgan fingerprint density at radius 1 is 1.40 bits per heavy atom. The molecular weight excluding hydrogens is 256 g/mol. The van der Waals surface area contributed by atoms with E-state index in [1.54, 1.807) is 24.0 Å². The minimum absolute atomic E-state index is 0.00508. The lowest BCUT2D eigenvalue weighted by Gasteiger charge is -2.21. The second-order valence-corrected chi connectivity index (χ2v) is 5.04. The Balaban J connectivity index is 2.14. The van der Waals surface area contributed by atoms with Crippen molar-refractivity contribution in [3.8, 4) is 0 Å². The summed E-state index contributed by atoms with van der Waals surface area (Å²) in [5.41, 5.74) is 7.88. The third-order valence-corrected chi connectivity index (χ3v) is 3.38. The number of nitrogen functional groups attached to an aromatic ring is 1. The van der Waals surface area contributed by atoms with E-state index in [2.05, 4.69) is 0 Å². The summed E-state index contributed by atoms with van der Waals surface area (Å²) < 4.78 is 4.92. The van der Waals surface area contributed by atoms with E-state index in [1.807, 2.05) is 13.0 Å². The monoisotopic (exact) mass is 276 g/mol. The molecule has 1 aliphatic carbocycles. The lowest BCUT2D eigenvalue weighted by Crippen LogP contribution is -2.38. The largest absolute Gasteiger partial charge is 0.465 e. The Morgan fingerprint density at radius 3 is 2.65 bits per heavy atom. The normalized spacial score (nSPS) is 13.9. The zero-order valence-corrected chi connectivity index (χ0v) is 11.9. The van der Waals surface area contributed by atoms with Gasteiger partial charge in [0.1, 0.15) is 6.54 Å². The summed E-state index contributed by atoms with van der Waals surface area (Å²) >= 11 is 0. The van der Waals surface area contributed by atoms with Crippen molar-refractivity contribution in [1.82, 2.24) is 4.90 Å². The van der Waals surface area contributed by atoms with Crippen molar-refractivity contribution >= 4 is 17.6 Å². The molecule has 5 nitrogen and oxygen atoms in total. The fourth-order valence-corrected chi connectivity index (χ4v) is 2.04. The molecule has 20 heavy (non-hydrogen) atoms. The van der Waals surface area contributed by atoms with E-state index in [-0.39, 0.29) is 24.5 Å². The second kappa shape index (κ2) is 5.94. The topological polar surface area (TPSA) is 72.6 Å². The zero-order valence-electron chi connectivity index (χ0n) is 11.9. The molecule has 5 heteroatoms. The number of hydrogen-bond acceptors (Lipinski definition) is 4. The Labute approximate surface area is 118 Å². The maximum Gasteiger partial charge on any atom is 0.325 e. The molecule has 0 heterocycles. The van der Waals surface area contributed by atoms with Crippen LogP contribution in [0.15, 0.2) is 18.2 Å². The molecule has 1 fully saturated rings. The van der Waals surface area contributed by atoms with E-state index in [0.717, 1.165) is 18.4 Å². The van der Waals surface area contributed by atoms with Gasteiger partial charge in [0, 0.05) is 17.3 Å². The van der Waals surface area contributed by atoms with E-state index < -0.39 is 0 Å². The molecule has 1 aromatic carbocycles. The molecule has 1 amide bonds. The Morgan fingerprint density at radius 2 is 2.10 bits per heavy atom. The van der Waals surface area contributed by atoms with Crippen LogP contribution < -0.4 is 5.73 Å². The maximum absolute atomic E-state index is 12.5. The number of aryl methyl sites for hydroxylation is 1. The van der Waals surface area contributed by atoms with Crippen molar-refractivity contribution in [2.24, 2.45) is 0 Å². The zero-order chi connectivity index (χ0) is 14.7. The first-order chi connectivity index (χ1) is 9.52. The molecular formula is C15H20N2O3. The number of ether oxygens (including phenoxy) is 1. The molecule has 0 radical (unpaired) electrons. The van der Waals surface area contributed by atoms with Crippen LogP contribution in [0, 0.1) is 6.92 Å². The summed E-state index contributed by atoms with van der Waals surface area (Å²) in [5.74, 6) is -0.528. The molecule has 0 bridgehead atoms. The number of esters is 1. The van der Waals surface area contributed by atoms with Crippen molar-refractivity contribution in [1.29, 1.82) is 0 Å². The van der Waals surface area contributed by atoms with Gasteiger partial charge in [0.25, 0.3) is 5.91 Å². The quantitative estimate of drug-likeness (QED) is 0.657. The lowest BCUT2D eigenvalue weighted by molar-refractivity contribution is -0.144. The Kier molecular flexibility index (Phi) is 4.27. The average Bonchev–Trinajstić information content (AvgIpc) is 3.23. The van der Waals surface area contributed by atoms with E-state index >= 15 is 0 Å². The number of rotatable bonds is 5. The van der Waals surface area contributed by atoms with Gasteiger partial charge in [-0.3, -0.25) is 9.59 Å². The summed E-state index contributed by atoms with van der Waals surface area (Å²) in [4.78, 5) is 25.7. The number of nitrogens with zero attached hydrogens (tertiary/aromatic N) is 1. The van der Waals surface area contributed by atoms with E-state index in [4.69, 9.17) is 10.5 Å². The highest BCUT2D eigenvalue weighted by atomic mass is 16.5. The Bertz CT molecular complexity index is 524. The highest BCUT2D eigenvalue weighted by molar-refractivity contribution is 5.97. The van der Waals surface area contributed by atoms with Crippen LogP contribution in [0.3, 0.4) is 0 Å². The second-order valence-electron chi connectivity index (χ2n) is 5.04. The lowest BCUT2D eigenvalue weighted by atomic mass is 10.1. The van der Waals surface area contributed by atoms with Crippen molar-refractivity contribution in [3.05, 3.63) is 29.3 Å². The fourth-order valence-electron chi connectivity index (χ4n) is 2.04. The van der Waals surface area contributed by atoms with Crippen LogP contribution in [0.1, 0.15) is 35.7 Å². The minimum atomic E-state index is -0.368. The van der Waals surface area contributed by atoms with Crippen LogP contribution in [0.25, 0.3) is 0 Å². The first-order valence-corrected chi connectivity index (χ1v) is 6.85. The predicted molar refractivity (Wildman–Crippen MR) is 76.3 cm³/mol. The highest BCUT2D eigenvalue weighted by Crippen LogP contribution is 2.28. The van der Waals surface area contributed by atoms with Gasteiger partial charge >= 0.3 is 5.97 Å². The standard InChI is InChI=1S/C15H20N2O3/c1-3-20-14(18)9-17(12-6-7-12)15(19)11-5-4-10(2)13(16)8-11/h4-5,8,12H,3,6-7,9,16H2,1-2H3. The van der Waals surface area contributed by atoms with E-state index in [9.17, 15) is 9.59 Å². The van der Waals surface area contributed by atoms with Gasteiger partial charge in [0.05, 0.1) is 6.61 Å². The number of amides is 1. The number of carbonyl (C=O) groups excluding carboxylic acids is 2. The van der Waals surface area contributed by atoms with Crippen LogP contribution >= 0.6 is 0 Å². The molecule has 0 aromatic heterocycles. The number of carbonyl (C=O) groups is 2. The molecule has 0 aliphatic heterocycles. The van der Waals surface area contributed by atoms with Crippen molar-refractivity contribution < 1.29 is 14.3 Å². The molecule has 0 atom stereocenters. The molecule has 2 N–H and O–H groups in total. The van der Waals surface area contributed by atoms with Gasteiger partial charge in [-0.05, 0) is 44.4 Å². The van der Waals surface area contributed by atoms with Crippen LogP contribution in [0.4, 0.5) is 5.69 Å². The summed E-state index contributed by atoms with van der Waals surface area (Å²) in [5, 5.41) is 0. The van der Waals surface area contributed by atoms with E-state index in [0.29, 0.717) is 17.9 Å².